The minimum atomic E-state index is -0.984. The van der Waals surface area contributed by atoms with Crippen molar-refractivity contribution in [1.29, 1.82) is 0 Å². The fourth-order valence-electron chi connectivity index (χ4n) is 3.16. The summed E-state index contributed by atoms with van der Waals surface area (Å²) in [4.78, 5) is 2.32. The lowest BCUT2D eigenvalue weighted by Crippen LogP contribution is -2.42. The van der Waals surface area contributed by atoms with E-state index < -0.39 is 5.60 Å². The molecule has 1 saturated heterocycles. The van der Waals surface area contributed by atoms with Gasteiger partial charge in [0.1, 0.15) is 11.6 Å². The molecule has 0 unspecified atom stereocenters. The summed E-state index contributed by atoms with van der Waals surface area (Å²) < 4.78 is 18.8. The third-order valence-corrected chi connectivity index (χ3v) is 4.58. The fraction of sp³-hybridized carbons (Fsp3) is 0.368. The number of aliphatic hydroxyl groups is 1. The van der Waals surface area contributed by atoms with Crippen molar-refractivity contribution in [3.05, 3.63) is 65.5 Å². The fourth-order valence-corrected chi connectivity index (χ4v) is 3.16. The van der Waals surface area contributed by atoms with Gasteiger partial charge in [0.25, 0.3) is 0 Å². The first-order valence-corrected chi connectivity index (χ1v) is 7.93. The van der Waals surface area contributed by atoms with Gasteiger partial charge in [0.2, 0.25) is 0 Å². The number of hydrogen-bond donors (Lipinski definition) is 1. The highest BCUT2D eigenvalue weighted by Crippen LogP contribution is 2.35. The van der Waals surface area contributed by atoms with Crippen molar-refractivity contribution in [3.63, 3.8) is 0 Å². The topological polar surface area (TPSA) is 32.7 Å². The average Bonchev–Trinajstić information content (AvgIpc) is 2.57. The van der Waals surface area contributed by atoms with Gasteiger partial charge in [-0.3, -0.25) is 4.90 Å². The normalized spacial score (nSPS) is 17.9. The SMILES string of the molecule is COc1cc(F)cc(C2(O)CCN(Cc3ccccc3)CC2)c1. The minimum absolute atomic E-state index is 0.375. The van der Waals surface area contributed by atoms with Crippen molar-refractivity contribution in [2.75, 3.05) is 20.2 Å². The maximum absolute atomic E-state index is 13.7. The Balaban J connectivity index is 1.68. The predicted molar refractivity (Wildman–Crippen MR) is 87.8 cm³/mol. The van der Waals surface area contributed by atoms with Gasteiger partial charge in [-0.2, -0.15) is 0 Å². The molecule has 1 aliphatic heterocycles. The van der Waals surface area contributed by atoms with Crippen LogP contribution in [0.4, 0.5) is 4.39 Å². The van der Waals surface area contributed by atoms with E-state index in [0.29, 0.717) is 24.2 Å². The average molecular weight is 315 g/mol. The molecule has 2 aromatic rings. The third kappa shape index (κ3) is 3.71. The number of likely N-dealkylation sites (tertiary alicyclic amines) is 1. The number of rotatable bonds is 4. The van der Waals surface area contributed by atoms with E-state index in [9.17, 15) is 9.50 Å². The van der Waals surface area contributed by atoms with Crippen LogP contribution in [-0.2, 0) is 12.1 Å². The van der Waals surface area contributed by atoms with E-state index in [-0.39, 0.29) is 5.82 Å². The molecule has 1 N–H and O–H groups in total. The highest BCUT2D eigenvalue weighted by atomic mass is 19.1. The van der Waals surface area contributed by atoms with E-state index in [1.807, 2.05) is 18.2 Å². The molecule has 3 rings (SSSR count). The van der Waals surface area contributed by atoms with Gasteiger partial charge in [-0.15, -0.1) is 0 Å². The van der Waals surface area contributed by atoms with Crippen LogP contribution in [0.3, 0.4) is 0 Å². The van der Waals surface area contributed by atoms with Gasteiger partial charge in [0.05, 0.1) is 12.7 Å². The summed E-state index contributed by atoms with van der Waals surface area (Å²) in [6.45, 7) is 2.44. The molecule has 0 saturated carbocycles. The molecular formula is C19H22FNO2. The van der Waals surface area contributed by atoms with Crippen molar-refractivity contribution >= 4 is 0 Å². The van der Waals surface area contributed by atoms with Crippen LogP contribution in [0.25, 0.3) is 0 Å². The summed E-state index contributed by atoms with van der Waals surface area (Å²) in [5.41, 5.74) is 0.891. The number of nitrogens with zero attached hydrogens (tertiary/aromatic N) is 1. The zero-order valence-corrected chi connectivity index (χ0v) is 13.3. The smallest absolute Gasteiger partial charge is 0.127 e. The van der Waals surface area contributed by atoms with Gasteiger partial charge in [-0.1, -0.05) is 30.3 Å². The largest absolute Gasteiger partial charge is 0.497 e. The summed E-state index contributed by atoms with van der Waals surface area (Å²) in [5.74, 6) is 0.0691. The molecule has 0 aliphatic carbocycles. The molecule has 0 aromatic heterocycles. The first kappa shape index (κ1) is 16.0. The van der Waals surface area contributed by atoms with Crippen LogP contribution >= 0.6 is 0 Å². The lowest BCUT2D eigenvalue weighted by atomic mass is 9.84. The third-order valence-electron chi connectivity index (χ3n) is 4.58. The highest BCUT2D eigenvalue weighted by molar-refractivity contribution is 5.33. The number of halogens is 1. The van der Waals surface area contributed by atoms with Crippen LogP contribution in [0.1, 0.15) is 24.0 Å². The molecule has 23 heavy (non-hydrogen) atoms. The number of benzene rings is 2. The Bertz CT molecular complexity index is 652. The Morgan fingerprint density at radius 3 is 2.48 bits per heavy atom. The predicted octanol–water partition coefficient (Wildman–Crippen LogP) is 3.32. The Morgan fingerprint density at radius 2 is 1.83 bits per heavy atom. The van der Waals surface area contributed by atoms with Crippen LogP contribution in [0.2, 0.25) is 0 Å². The monoisotopic (exact) mass is 315 g/mol. The number of ether oxygens (including phenoxy) is 1. The number of methoxy groups -OCH3 is 1. The first-order chi connectivity index (χ1) is 11.1. The molecule has 1 heterocycles. The van der Waals surface area contributed by atoms with E-state index in [4.69, 9.17) is 4.74 Å². The van der Waals surface area contributed by atoms with Crippen LogP contribution in [0.15, 0.2) is 48.5 Å². The van der Waals surface area contributed by atoms with Gasteiger partial charge in [0.15, 0.2) is 0 Å². The molecule has 2 aromatic carbocycles. The summed E-state index contributed by atoms with van der Waals surface area (Å²) in [7, 11) is 1.51. The lowest BCUT2D eigenvalue weighted by molar-refractivity contribution is -0.0280. The van der Waals surface area contributed by atoms with Gasteiger partial charge in [-0.25, -0.2) is 4.39 Å². The standard InChI is InChI=1S/C19H22FNO2/c1-23-18-12-16(11-17(20)13-18)19(22)7-9-21(10-8-19)14-15-5-3-2-4-6-15/h2-6,11-13,22H,7-10,14H2,1H3. The summed E-state index contributed by atoms with van der Waals surface area (Å²) in [5, 5.41) is 10.9. The maximum atomic E-state index is 13.7. The second-order valence-corrected chi connectivity index (χ2v) is 6.17. The number of hydrogen-bond acceptors (Lipinski definition) is 3. The summed E-state index contributed by atoms with van der Waals surface area (Å²) >= 11 is 0. The zero-order valence-electron chi connectivity index (χ0n) is 13.3. The van der Waals surface area contributed by atoms with Gasteiger partial charge < -0.3 is 9.84 Å². The molecule has 0 spiro atoms. The molecule has 4 heteroatoms. The molecule has 0 radical (unpaired) electrons. The van der Waals surface area contributed by atoms with Crippen molar-refractivity contribution < 1.29 is 14.2 Å². The molecular weight excluding hydrogens is 293 g/mol. The Labute approximate surface area is 136 Å². The van der Waals surface area contributed by atoms with Crippen LogP contribution in [-0.4, -0.2) is 30.2 Å². The van der Waals surface area contributed by atoms with E-state index in [1.54, 1.807) is 6.07 Å². The van der Waals surface area contributed by atoms with Crippen molar-refractivity contribution in [2.24, 2.45) is 0 Å². The summed E-state index contributed by atoms with van der Waals surface area (Å²) in [6.07, 6.45) is 1.18. The Kier molecular flexibility index (Phi) is 4.64. The van der Waals surface area contributed by atoms with Crippen molar-refractivity contribution in [2.45, 2.75) is 25.0 Å². The Hall–Kier alpha value is -1.91. The van der Waals surface area contributed by atoms with Gasteiger partial charge in [0, 0.05) is 25.7 Å². The molecule has 0 bridgehead atoms. The molecule has 0 amide bonds. The molecule has 122 valence electrons. The van der Waals surface area contributed by atoms with E-state index in [0.717, 1.165) is 19.6 Å². The van der Waals surface area contributed by atoms with Gasteiger partial charge >= 0.3 is 0 Å². The maximum Gasteiger partial charge on any atom is 0.127 e. The van der Waals surface area contributed by atoms with Crippen molar-refractivity contribution in [1.82, 2.24) is 4.90 Å². The molecule has 0 atom stereocenters. The van der Waals surface area contributed by atoms with E-state index in [2.05, 4.69) is 17.0 Å². The van der Waals surface area contributed by atoms with Crippen molar-refractivity contribution in [3.8, 4) is 5.75 Å². The molecule has 1 aliphatic rings. The molecule has 3 nitrogen and oxygen atoms in total. The molecule has 1 fully saturated rings. The van der Waals surface area contributed by atoms with Crippen LogP contribution in [0, 0.1) is 5.82 Å². The quantitative estimate of drug-likeness (QED) is 0.939. The minimum Gasteiger partial charge on any atom is -0.497 e. The van der Waals surface area contributed by atoms with Crippen LogP contribution in [0.5, 0.6) is 5.75 Å². The highest BCUT2D eigenvalue weighted by Gasteiger charge is 2.34. The van der Waals surface area contributed by atoms with Crippen LogP contribution < -0.4 is 4.74 Å². The first-order valence-electron chi connectivity index (χ1n) is 7.93. The second kappa shape index (κ2) is 6.69. The zero-order chi connectivity index (χ0) is 16.3. The second-order valence-electron chi connectivity index (χ2n) is 6.17. The number of piperidine rings is 1. The summed E-state index contributed by atoms with van der Waals surface area (Å²) in [6, 6.07) is 14.8. The Morgan fingerprint density at radius 1 is 1.13 bits per heavy atom. The van der Waals surface area contributed by atoms with E-state index in [1.165, 1.54) is 24.8 Å². The lowest BCUT2D eigenvalue weighted by Gasteiger charge is -2.38. The van der Waals surface area contributed by atoms with E-state index >= 15 is 0 Å². The van der Waals surface area contributed by atoms with Gasteiger partial charge in [-0.05, 0) is 36.1 Å².